The number of hydrogen-bond acceptors (Lipinski definition) is 3. The van der Waals surface area contributed by atoms with Gasteiger partial charge in [0.25, 0.3) is 0 Å². The van der Waals surface area contributed by atoms with Crippen LogP contribution in [0.3, 0.4) is 0 Å². The van der Waals surface area contributed by atoms with E-state index in [9.17, 15) is 0 Å². The van der Waals surface area contributed by atoms with Gasteiger partial charge < -0.3 is 10.5 Å². The third-order valence-corrected chi connectivity index (χ3v) is 3.18. The lowest BCUT2D eigenvalue weighted by atomic mass is 10.1. The number of halogens is 2. The van der Waals surface area contributed by atoms with Crippen LogP contribution in [0.25, 0.3) is 0 Å². The lowest BCUT2D eigenvalue weighted by Crippen LogP contribution is -2.07. The Labute approximate surface area is 119 Å². The fourth-order valence-corrected chi connectivity index (χ4v) is 2.21. The molecule has 0 saturated heterocycles. The van der Waals surface area contributed by atoms with E-state index in [4.69, 9.17) is 22.1 Å². The van der Waals surface area contributed by atoms with Crippen LogP contribution in [-0.2, 0) is 0 Å². The van der Waals surface area contributed by atoms with Crippen molar-refractivity contribution in [1.82, 2.24) is 4.98 Å². The van der Waals surface area contributed by atoms with E-state index in [0.29, 0.717) is 16.7 Å². The smallest absolute Gasteiger partial charge is 0.224 e. The zero-order valence-electron chi connectivity index (χ0n) is 9.73. The Kier molecular flexibility index (Phi) is 4.22. The second-order valence-corrected chi connectivity index (χ2v) is 5.19. The Bertz CT molecular complexity index is 560. The quantitative estimate of drug-likeness (QED) is 0.914. The van der Waals surface area contributed by atoms with Crippen molar-refractivity contribution in [3.05, 3.63) is 51.6 Å². The van der Waals surface area contributed by atoms with Crippen LogP contribution in [0.4, 0.5) is 0 Å². The SMILES string of the molecule is CC(N)c1cccnc1Oc1ccc(Br)cc1Cl. The molecule has 94 valence electrons. The second-order valence-electron chi connectivity index (χ2n) is 3.86. The summed E-state index contributed by atoms with van der Waals surface area (Å²) in [4.78, 5) is 4.19. The number of pyridine rings is 1. The fraction of sp³-hybridized carbons (Fsp3) is 0.154. The first-order valence-corrected chi connectivity index (χ1v) is 6.58. The van der Waals surface area contributed by atoms with Crippen LogP contribution in [0.5, 0.6) is 11.6 Å². The van der Waals surface area contributed by atoms with Gasteiger partial charge in [-0.15, -0.1) is 0 Å². The van der Waals surface area contributed by atoms with E-state index in [1.807, 2.05) is 25.1 Å². The summed E-state index contributed by atoms with van der Waals surface area (Å²) in [5.41, 5.74) is 6.71. The molecule has 1 atom stereocenters. The molecule has 0 aliphatic rings. The molecule has 1 aromatic heterocycles. The molecule has 0 bridgehead atoms. The van der Waals surface area contributed by atoms with E-state index in [1.54, 1.807) is 18.3 Å². The van der Waals surface area contributed by atoms with Crippen molar-refractivity contribution in [1.29, 1.82) is 0 Å². The van der Waals surface area contributed by atoms with Gasteiger partial charge in [0, 0.05) is 22.3 Å². The maximum absolute atomic E-state index is 6.10. The minimum absolute atomic E-state index is 0.150. The molecule has 18 heavy (non-hydrogen) atoms. The molecule has 0 radical (unpaired) electrons. The summed E-state index contributed by atoms with van der Waals surface area (Å²) in [6.45, 7) is 1.88. The highest BCUT2D eigenvalue weighted by Gasteiger charge is 2.11. The van der Waals surface area contributed by atoms with E-state index in [0.717, 1.165) is 10.0 Å². The van der Waals surface area contributed by atoms with Gasteiger partial charge in [0.05, 0.1) is 5.02 Å². The van der Waals surface area contributed by atoms with Crippen LogP contribution >= 0.6 is 27.5 Å². The Hall–Kier alpha value is -1.10. The topological polar surface area (TPSA) is 48.1 Å². The summed E-state index contributed by atoms with van der Waals surface area (Å²) in [5, 5.41) is 0.519. The first-order chi connectivity index (χ1) is 8.58. The van der Waals surface area contributed by atoms with Crippen molar-refractivity contribution in [3.8, 4) is 11.6 Å². The van der Waals surface area contributed by atoms with Gasteiger partial charge in [-0.1, -0.05) is 33.6 Å². The van der Waals surface area contributed by atoms with E-state index >= 15 is 0 Å². The average Bonchev–Trinajstić information content (AvgIpc) is 2.33. The van der Waals surface area contributed by atoms with Gasteiger partial charge >= 0.3 is 0 Å². The Balaban J connectivity index is 2.34. The molecule has 3 nitrogen and oxygen atoms in total. The standard InChI is InChI=1S/C13H12BrClN2O/c1-8(16)10-3-2-6-17-13(10)18-12-5-4-9(14)7-11(12)15/h2-8H,16H2,1H3. The molecule has 0 fully saturated rings. The molecule has 1 heterocycles. The van der Waals surface area contributed by atoms with Gasteiger partial charge in [-0.2, -0.15) is 0 Å². The average molecular weight is 328 g/mol. The van der Waals surface area contributed by atoms with Crippen LogP contribution in [0.2, 0.25) is 5.02 Å². The first-order valence-electron chi connectivity index (χ1n) is 5.41. The summed E-state index contributed by atoms with van der Waals surface area (Å²) in [6.07, 6.45) is 1.66. The number of hydrogen-bond donors (Lipinski definition) is 1. The highest BCUT2D eigenvalue weighted by Crippen LogP contribution is 2.33. The van der Waals surface area contributed by atoms with Crippen molar-refractivity contribution in [2.75, 3.05) is 0 Å². The summed E-state index contributed by atoms with van der Waals surface area (Å²) in [6, 6.07) is 8.98. The van der Waals surface area contributed by atoms with Crippen LogP contribution in [0, 0.1) is 0 Å². The number of aromatic nitrogens is 1. The van der Waals surface area contributed by atoms with Gasteiger partial charge in [0.1, 0.15) is 5.75 Å². The predicted octanol–water partition coefficient (Wildman–Crippen LogP) is 4.31. The molecule has 2 N–H and O–H groups in total. The van der Waals surface area contributed by atoms with Crippen LogP contribution < -0.4 is 10.5 Å². The largest absolute Gasteiger partial charge is 0.437 e. The molecule has 0 aliphatic heterocycles. The molecule has 1 unspecified atom stereocenters. The molecule has 0 spiro atoms. The van der Waals surface area contributed by atoms with Gasteiger partial charge in [0.2, 0.25) is 5.88 Å². The predicted molar refractivity (Wildman–Crippen MR) is 76.1 cm³/mol. The Morgan fingerprint density at radius 2 is 2.17 bits per heavy atom. The molecule has 0 aliphatic carbocycles. The van der Waals surface area contributed by atoms with Crippen LogP contribution in [0.15, 0.2) is 41.0 Å². The van der Waals surface area contributed by atoms with Crippen LogP contribution in [-0.4, -0.2) is 4.98 Å². The number of ether oxygens (including phenoxy) is 1. The fourth-order valence-electron chi connectivity index (χ4n) is 1.50. The molecule has 2 rings (SSSR count). The molecule has 0 saturated carbocycles. The maximum atomic E-state index is 6.10. The molecular weight excluding hydrogens is 316 g/mol. The van der Waals surface area contributed by atoms with Crippen molar-refractivity contribution in [2.24, 2.45) is 5.73 Å². The number of benzene rings is 1. The van der Waals surface area contributed by atoms with E-state index in [-0.39, 0.29) is 6.04 Å². The minimum atomic E-state index is -0.150. The van der Waals surface area contributed by atoms with Crippen molar-refractivity contribution in [3.63, 3.8) is 0 Å². The summed E-state index contributed by atoms with van der Waals surface area (Å²) < 4.78 is 6.61. The maximum Gasteiger partial charge on any atom is 0.224 e. The zero-order chi connectivity index (χ0) is 13.1. The third kappa shape index (κ3) is 3.02. The molecular formula is C13H12BrClN2O. The minimum Gasteiger partial charge on any atom is -0.437 e. The lowest BCUT2D eigenvalue weighted by molar-refractivity contribution is 0.452. The summed E-state index contributed by atoms with van der Waals surface area (Å²) in [5.74, 6) is 1.04. The van der Waals surface area contributed by atoms with Crippen molar-refractivity contribution < 1.29 is 4.74 Å². The Morgan fingerprint density at radius 1 is 1.39 bits per heavy atom. The number of rotatable bonds is 3. The zero-order valence-corrected chi connectivity index (χ0v) is 12.1. The van der Waals surface area contributed by atoms with Crippen molar-refractivity contribution >= 4 is 27.5 Å². The van der Waals surface area contributed by atoms with Crippen molar-refractivity contribution in [2.45, 2.75) is 13.0 Å². The van der Waals surface area contributed by atoms with Gasteiger partial charge in [-0.3, -0.25) is 0 Å². The third-order valence-electron chi connectivity index (χ3n) is 2.39. The summed E-state index contributed by atoms with van der Waals surface area (Å²) in [7, 11) is 0. The highest BCUT2D eigenvalue weighted by molar-refractivity contribution is 9.10. The molecule has 1 aromatic carbocycles. The number of nitrogens with two attached hydrogens (primary N) is 1. The first kappa shape index (κ1) is 13.3. The second kappa shape index (κ2) is 5.69. The Morgan fingerprint density at radius 3 is 2.83 bits per heavy atom. The van der Waals surface area contributed by atoms with Gasteiger partial charge in [-0.25, -0.2) is 4.98 Å². The van der Waals surface area contributed by atoms with Gasteiger partial charge in [0.15, 0.2) is 0 Å². The number of nitrogens with zero attached hydrogens (tertiary/aromatic N) is 1. The van der Waals surface area contributed by atoms with E-state index < -0.39 is 0 Å². The van der Waals surface area contributed by atoms with E-state index in [2.05, 4.69) is 20.9 Å². The van der Waals surface area contributed by atoms with Crippen LogP contribution in [0.1, 0.15) is 18.5 Å². The van der Waals surface area contributed by atoms with E-state index in [1.165, 1.54) is 0 Å². The lowest BCUT2D eigenvalue weighted by Gasteiger charge is -2.13. The van der Waals surface area contributed by atoms with Gasteiger partial charge in [-0.05, 0) is 31.2 Å². The molecule has 5 heteroatoms. The highest BCUT2D eigenvalue weighted by atomic mass is 79.9. The summed E-state index contributed by atoms with van der Waals surface area (Å²) >= 11 is 9.44. The monoisotopic (exact) mass is 326 g/mol. The molecule has 0 amide bonds. The molecule has 2 aromatic rings. The normalized spacial score (nSPS) is 12.2.